The summed E-state index contributed by atoms with van der Waals surface area (Å²) in [6.45, 7) is 0. The van der Waals surface area contributed by atoms with Crippen molar-refractivity contribution in [3.8, 4) is 0 Å². The highest BCUT2D eigenvalue weighted by Crippen LogP contribution is 2.52. The molecule has 0 saturated heterocycles. The number of hydrogen-bond donors (Lipinski definition) is 1. The minimum atomic E-state index is -0.218. The van der Waals surface area contributed by atoms with Crippen molar-refractivity contribution >= 4 is 6.29 Å². The molecule has 1 N–H and O–H groups in total. The largest absolute Gasteiger partial charge is 0.508 e. The van der Waals surface area contributed by atoms with E-state index in [1.165, 1.54) is 7.11 Å². The van der Waals surface area contributed by atoms with Crippen molar-refractivity contribution in [3.05, 3.63) is 23.2 Å². The summed E-state index contributed by atoms with van der Waals surface area (Å²) in [5.41, 5.74) is 0.895. The highest BCUT2D eigenvalue weighted by Gasteiger charge is 2.46. The lowest BCUT2D eigenvalue weighted by molar-refractivity contribution is -0.111. The van der Waals surface area contributed by atoms with Gasteiger partial charge in [0.15, 0.2) is 5.76 Å². The smallest absolute Gasteiger partial charge is 0.156 e. The van der Waals surface area contributed by atoms with E-state index in [0.717, 1.165) is 31.1 Å². The molecule has 0 amide bonds. The fraction of sp³-hybridized carbons (Fsp3) is 0.545. The summed E-state index contributed by atoms with van der Waals surface area (Å²) in [4.78, 5) is 10.9. The van der Waals surface area contributed by atoms with E-state index >= 15 is 0 Å². The summed E-state index contributed by atoms with van der Waals surface area (Å²) in [5.74, 6) is 0.803. The molecule has 3 nitrogen and oxygen atoms in total. The fourth-order valence-corrected chi connectivity index (χ4v) is 1.91. The maximum atomic E-state index is 10.9. The number of carbonyl (C=O) groups excluding carboxylic acids is 1. The molecule has 2 aliphatic carbocycles. The number of carbonyl (C=O) groups is 1. The lowest BCUT2D eigenvalue weighted by atomic mass is 9.89. The highest BCUT2D eigenvalue weighted by atomic mass is 16.5. The molecule has 2 rings (SSSR count). The predicted molar refractivity (Wildman–Crippen MR) is 51.7 cm³/mol. The number of allylic oxidation sites excluding steroid dienone is 3. The average Bonchev–Trinajstić information content (AvgIpc) is 2.99. The summed E-state index contributed by atoms with van der Waals surface area (Å²) >= 11 is 0. The lowest BCUT2D eigenvalue weighted by Gasteiger charge is -2.19. The van der Waals surface area contributed by atoms with Crippen molar-refractivity contribution in [2.45, 2.75) is 25.7 Å². The lowest BCUT2D eigenvalue weighted by Crippen LogP contribution is -2.11. The summed E-state index contributed by atoms with van der Waals surface area (Å²) in [7, 11) is 1.53. The molecule has 0 unspecified atom stereocenters. The monoisotopic (exact) mass is 194 g/mol. The fourth-order valence-electron chi connectivity index (χ4n) is 1.91. The van der Waals surface area contributed by atoms with Gasteiger partial charge in [0.25, 0.3) is 0 Å². The highest BCUT2D eigenvalue weighted by molar-refractivity contribution is 5.70. The van der Waals surface area contributed by atoms with E-state index in [-0.39, 0.29) is 11.2 Å². The van der Waals surface area contributed by atoms with Gasteiger partial charge in [-0.15, -0.1) is 0 Å². The minimum Gasteiger partial charge on any atom is -0.508 e. The van der Waals surface area contributed by atoms with Crippen LogP contribution in [0.2, 0.25) is 0 Å². The Morgan fingerprint density at radius 1 is 1.50 bits per heavy atom. The summed E-state index contributed by atoms with van der Waals surface area (Å²) in [6, 6.07) is 0. The van der Waals surface area contributed by atoms with E-state index in [1.54, 1.807) is 0 Å². The Labute approximate surface area is 83.1 Å². The molecule has 76 valence electrons. The van der Waals surface area contributed by atoms with Gasteiger partial charge in [0.05, 0.1) is 7.11 Å². The second kappa shape index (κ2) is 3.15. The topological polar surface area (TPSA) is 46.5 Å². The molecule has 1 saturated carbocycles. The third kappa shape index (κ3) is 1.33. The van der Waals surface area contributed by atoms with E-state index in [1.807, 2.05) is 6.08 Å². The van der Waals surface area contributed by atoms with Crippen LogP contribution in [-0.4, -0.2) is 18.5 Å². The van der Waals surface area contributed by atoms with Gasteiger partial charge in [-0.05, 0) is 25.3 Å². The normalized spacial score (nSPS) is 24.2. The van der Waals surface area contributed by atoms with Crippen LogP contribution in [0.25, 0.3) is 0 Å². The van der Waals surface area contributed by atoms with Gasteiger partial charge in [-0.1, -0.05) is 5.57 Å². The molecule has 0 atom stereocenters. The molecule has 0 aromatic rings. The van der Waals surface area contributed by atoms with Gasteiger partial charge < -0.3 is 14.6 Å². The molecule has 1 fully saturated rings. The number of aliphatic hydroxyl groups is 1. The van der Waals surface area contributed by atoms with Crippen LogP contribution in [0.4, 0.5) is 0 Å². The Morgan fingerprint density at radius 2 is 2.21 bits per heavy atom. The molecule has 0 bridgehead atoms. The van der Waals surface area contributed by atoms with Crippen LogP contribution in [0, 0.1) is 5.41 Å². The maximum Gasteiger partial charge on any atom is 0.156 e. The van der Waals surface area contributed by atoms with E-state index in [4.69, 9.17) is 4.74 Å². The van der Waals surface area contributed by atoms with Gasteiger partial charge in [0.2, 0.25) is 0 Å². The van der Waals surface area contributed by atoms with Crippen molar-refractivity contribution in [2.24, 2.45) is 5.41 Å². The maximum absolute atomic E-state index is 10.9. The zero-order valence-electron chi connectivity index (χ0n) is 8.25. The average molecular weight is 194 g/mol. The number of ether oxygens (including phenoxy) is 1. The summed E-state index contributed by atoms with van der Waals surface area (Å²) in [6.07, 6.45) is 6.11. The van der Waals surface area contributed by atoms with Gasteiger partial charge in [0, 0.05) is 11.8 Å². The molecule has 0 aliphatic heterocycles. The Balaban J connectivity index is 2.27. The molecule has 2 aliphatic rings. The first kappa shape index (κ1) is 9.31. The van der Waals surface area contributed by atoms with Crippen LogP contribution >= 0.6 is 0 Å². The Kier molecular flexibility index (Phi) is 2.10. The number of aldehydes is 1. The molecule has 0 radical (unpaired) electrons. The van der Waals surface area contributed by atoms with E-state index in [2.05, 4.69) is 0 Å². The van der Waals surface area contributed by atoms with E-state index in [0.29, 0.717) is 12.2 Å². The first-order valence-corrected chi connectivity index (χ1v) is 4.85. The van der Waals surface area contributed by atoms with Crippen LogP contribution in [0.5, 0.6) is 0 Å². The zero-order chi connectivity index (χ0) is 10.2. The second-order valence-electron chi connectivity index (χ2n) is 3.96. The predicted octanol–water partition coefficient (Wildman–Crippen LogP) is 2.10. The van der Waals surface area contributed by atoms with Crippen molar-refractivity contribution in [2.75, 3.05) is 7.11 Å². The molecule has 14 heavy (non-hydrogen) atoms. The van der Waals surface area contributed by atoms with Gasteiger partial charge in [-0.3, -0.25) is 0 Å². The zero-order valence-corrected chi connectivity index (χ0v) is 8.25. The standard InChI is InChI=1S/C11H14O3/c1-14-10-6-8(2-3-9(10)13)11(7-12)4-5-11/h6-7,13H,2-5H2,1H3. The second-order valence-corrected chi connectivity index (χ2v) is 3.96. The van der Waals surface area contributed by atoms with Crippen LogP contribution in [-0.2, 0) is 9.53 Å². The third-order valence-corrected chi connectivity index (χ3v) is 3.09. The van der Waals surface area contributed by atoms with Crippen molar-refractivity contribution in [1.29, 1.82) is 0 Å². The van der Waals surface area contributed by atoms with Crippen LogP contribution < -0.4 is 0 Å². The molecule has 0 spiro atoms. The van der Waals surface area contributed by atoms with Gasteiger partial charge in [0.1, 0.15) is 12.0 Å². The number of methoxy groups -OCH3 is 1. The first-order chi connectivity index (χ1) is 6.72. The van der Waals surface area contributed by atoms with E-state index in [9.17, 15) is 9.90 Å². The van der Waals surface area contributed by atoms with Crippen LogP contribution in [0.3, 0.4) is 0 Å². The number of rotatable bonds is 3. The molecule has 3 heteroatoms. The van der Waals surface area contributed by atoms with E-state index < -0.39 is 0 Å². The first-order valence-electron chi connectivity index (χ1n) is 4.85. The third-order valence-electron chi connectivity index (χ3n) is 3.09. The van der Waals surface area contributed by atoms with Gasteiger partial charge in [-0.25, -0.2) is 0 Å². The summed E-state index contributed by atoms with van der Waals surface area (Å²) < 4.78 is 5.04. The number of aliphatic hydroxyl groups excluding tert-OH is 1. The van der Waals surface area contributed by atoms with Crippen molar-refractivity contribution < 1.29 is 14.6 Å². The van der Waals surface area contributed by atoms with Crippen LogP contribution in [0.15, 0.2) is 23.2 Å². The van der Waals surface area contributed by atoms with Crippen molar-refractivity contribution in [1.82, 2.24) is 0 Å². The minimum absolute atomic E-state index is 0.218. The Morgan fingerprint density at radius 3 is 2.71 bits per heavy atom. The summed E-state index contributed by atoms with van der Waals surface area (Å²) in [5, 5.41) is 9.47. The molecular weight excluding hydrogens is 180 g/mol. The molecule has 0 aromatic heterocycles. The molecule has 0 heterocycles. The number of hydrogen-bond acceptors (Lipinski definition) is 3. The SMILES string of the molecule is COC1=C(O)CCC(C2(C=O)CC2)=C1. The van der Waals surface area contributed by atoms with Crippen LogP contribution in [0.1, 0.15) is 25.7 Å². The molecular formula is C11H14O3. The quantitative estimate of drug-likeness (QED) is 0.700. The Hall–Kier alpha value is -1.25. The van der Waals surface area contributed by atoms with Gasteiger partial charge >= 0.3 is 0 Å². The molecule has 0 aromatic carbocycles. The van der Waals surface area contributed by atoms with Gasteiger partial charge in [-0.2, -0.15) is 0 Å². The van der Waals surface area contributed by atoms with Crippen molar-refractivity contribution in [3.63, 3.8) is 0 Å². The Bertz CT molecular complexity index is 321.